The highest BCUT2D eigenvalue weighted by molar-refractivity contribution is 6.30. The molecule has 2 heterocycles. The summed E-state index contributed by atoms with van der Waals surface area (Å²) in [7, 11) is 0. The van der Waals surface area contributed by atoms with E-state index in [-0.39, 0.29) is 17.0 Å². The number of rotatable bonds is 4. The van der Waals surface area contributed by atoms with E-state index in [1.807, 2.05) is 39.0 Å². The monoisotopic (exact) mass is 400 g/mol. The molecule has 0 radical (unpaired) electrons. The molecular formula is C21H25ClN4O2. The van der Waals surface area contributed by atoms with Gasteiger partial charge in [0.2, 0.25) is 5.88 Å². The van der Waals surface area contributed by atoms with Crippen molar-refractivity contribution < 1.29 is 9.53 Å². The summed E-state index contributed by atoms with van der Waals surface area (Å²) in [6.07, 6.45) is -0.281. The van der Waals surface area contributed by atoms with Gasteiger partial charge in [-0.2, -0.15) is 9.61 Å². The second-order valence-corrected chi connectivity index (χ2v) is 8.52. The molecular weight excluding hydrogens is 376 g/mol. The molecule has 6 nitrogen and oxygen atoms in total. The van der Waals surface area contributed by atoms with Gasteiger partial charge in [-0.05, 0) is 16.9 Å². The second kappa shape index (κ2) is 7.43. The van der Waals surface area contributed by atoms with Crippen LogP contribution in [0, 0.1) is 0 Å². The van der Waals surface area contributed by atoms with Crippen LogP contribution in [0.2, 0.25) is 5.15 Å². The Morgan fingerprint density at radius 1 is 1.25 bits per heavy atom. The molecule has 0 aliphatic carbocycles. The average Bonchev–Trinajstić information content (AvgIpc) is 2.92. The minimum atomic E-state index is -0.916. The van der Waals surface area contributed by atoms with Crippen molar-refractivity contribution in [2.24, 2.45) is 5.73 Å². The van der Waals surface area contributed by atoms with Crippen molar-refractivity contribution in [2.45, 2.75) is 52.4 Å². The quantitative estimate of drug-likeness (QED) is 0.634. The van der Waals surface area contributed by atoms with Gasteiger partial charge in [-0.25, -0.2) is 9.78 Å². The smallest absolute Gasteiger partial charge is 0.391 e. The average molecular weight is 401 g/mol. The maximum absolute atomic E-state index is 11.6. The lowest BCUT2D eigenvalue weighted by molar-refractivity contribution is 0.206. The van der Waals surface area contributed by atoms with Gasteiger partial charge >= 0.3 is 6.09 Å². The Hall–Kier alpha value is -2.60. The lowest BCUT2D eigenvalue weighted by Gasteiger charge is -2.23. The van der Waals surface area contributed by atoms with Crippen molar-refractivity contribution >= 4 is 23.3 Å². The van der Waals surface area contributed by atoms with Crippen LogP contribution in [0.4, 0.5) is 4.79 Å². The number of primary amides is 1. The Morgan fingerprint density at radius 3 is 2.43 bits per heavy atom. The zero-order valence-electron chi connectivity index (χ0n) is 16.8. The molecule has 3 aromatic rings. The first-order valence-electron chi connectivity index (χ1n) is 9.22. The first-order chi connectivity index (χ1) is 13.1. The molecule has 3 rings (SSSR count). The molecule has 2 N–H and O–H groups in total. The van der Waals surface area contributed by atoms with Gasteiger partial charge in [-0.15, -0.1) is 0 Å². The largest absolute Gasteiger partial charge is 0.411 e. The van der Waals surface area contributed by atoms with Gasteiger partial charge in [0, 0.05) is 12.0 Å². The van der Waals surface area contributed by atoms with Crippen LogP contribution in [0.5, 0.6) is 5.88 Å². The molecule has 0 bridgehead atoms. The number of carbonyl (C=O) groups excluding carboxylic acids is 1. The number of amides is 1. The Morgan fingerprint density at radius 2 is 1.89 bits per heavy atom. The number of nitrogens with two attached hydrogens (primary N) is 1. The highest BCUT2D eigenvalue weighted by Gasteiger charge is 2.30. The fourth-order valence-corrected chi connectivity index (χ4v) is 3.83. The maximum Gasteiger partial charge on any atom is 0.411 e. The predicted octanol–water partition coefficient (Wildman–Crippen LogP) is 4.85. The number of fused-ring (bicyclic) bond motifs is 1. The van der Waals surface area contributed by atoms with Crippen LogP contribution < -0.4 is 10.5 Å². The van der Waals surface area contributed by atoms with E-state index in [0.29, 0.717) is 17.6 Å². The number of hydrogen-bond acceptors (Lipinski definition) is 4. The summed E-state index contributed by atoms with van der Waals surface area (Å²) in [6, 6.07) is 10.1. The molecule has 7 heteroatoms. The fourth-order valence-electron chi connectivity index (χ4n) is 3.39. The first kappa shape index (κ1) is 20.1. The van der Waals surface area contributed by atoms with Gasteiger partial charge in [0.05, 0.1) is 11.3 Å². The number of halogens is 1. The molecule has 2 aromatic heterocycles. The van der Waals surface area contributed by atoms with Crippen molar-refractivity contribution in [1.29, 1.82) is 0 Å². The molecule has 0 spiro atoms. The highest BCUT2D eigenvalue weighted by atomic mass is 35.5. The van der Waals surface area contributed by atoms with Gasteiger partial charge in [-0.3, -0.25) is 0 Å². The molecule has 0 aliphatic rings. The van der Waals surface area contributed by atoms with Gasteiger partial charge in [0.15, 0.2) is 5.65 Å². The number of carbonyl (C=O) groups is 1. The summed E-state index contributed by atoms with van der Waals surface area (Å²) < 4.78 is 6.94. The summed E-state index contributed by atoms with van der Waals surface area (Å²) in [5, 5.41) is 5.04. The summed E-state index contributed by atoms with van der Waals surface area (Å²) in [5.74, 6) is 0.373. The van der Waals surface area contributed by atoms with Crippen LogP contribution in [0.25, 0.3) is 5.65 Å². The topological polar surface area (TPSA) is 82.5 Å². The minimum absolute atomic E-state index is 0.154. The fraction of sp³-hybridized carbons (Fsp3) is 0.381. The number of aromatic nitrogens is 3. The molecule has 148 valence electrons. The van der Waals surface area contributed by atoms with Crippen LogP contribution in [0.3, 0.4) is 0 Å². The van der Waals surface area contributed by atoms with Crippen molar-refractivity contribution in [2.75, 3.05) is 0 Å². The third kappa shape index (κ3) is 3.83. The standard InChI is InChI=1S/C21H25ClN4O2/c1-12(2)15-14(11-13-9-7-6-8-10-13)25-26-18(15)24-17(22)16(21(3,4)5)19(26)28-20(23)27/h6-10,12H,11H2,1-5H3,(H2,23,27). The highest BCUT2D eigenvalue weighted by Crippen LogP contribution is 2.39. The van der Waals surface area contributed by atoms with E-state index in [2.05, 4.69) is 31.0 Å². The number of hydrogen-bond donors (Lipinski definition) is 1. The SMILES string of the molecule is CC(C)c1c(Cc2ccccc2)nn2c(OC(N)=O)c(C(C)(C)C)c(Cl)nc12. The van der Waals surface area contributed by atoms with Gasteiger partial charge in [0.25, 0.3) is 0 Å². The Bertz CT molecular complexity index is 1020. The van der Waals surface area contributed by atoms with Crippen molar-refractivity contribution in [1.82, 2.24) is 14.6 Å². The summed E-state index contributed by atoms with van der Waals surface area (Å²) in [5.41, 5.74) is 9.05. The minimum Gasteiger partial charge on any atom is -0.391 e. The molecule has 0 unspecified atom stereocenters. The lowest BCUT2D eigenvalue weighted by Crippen LogP contribution is -2.23. The van der Waals surface area contributed by atoms with Crippen LogP contribution in [0.15, 0.2) is 30.3 Å². The van der Waals surface area contributed by atoms with E-state index in [0.717, 1.165) is 16.8 Å². The molecule has 28 heavy (non-hydrogen) atoms. The van der Waals surface area contributed by atoms with E-state index >= 15 is 0 Å². The predicted molar refractivity (Wildman–Crippen MR) is 110 cm³/mol. The Kier molecular flexibility index (Phi) is 5.35. The molecule has 1 aromatic carbocycles. The zero-order valence-corrected chi connectivity index (χ0v) is 17.5. The lowest BCUT2D eigenvalue weighted by atomic mass is 9.88. The Labute approximate surface area is 169 Å². The van der Waals surface area contributed by atoms with Crippen LogP contribution >= 0.6 is 11.6 Å². The zero-order chi connectivity index (χ0) is 20.6. The van der Waals surface area contributed by atoms with Crippen LogP contribution in [-0.2, 0) is 11.8 Å². The van der Waals surface area contributed by atoms with E-state index in [1.165, 1.54) is 0 Å². The van der Waals surface area contributed by atoms with Crippen LogP contribution in [-0.4, -0.2) is 20.7 Å². The summed E-state index contributed by atoms with van der Waals surface area (Å²) >= 11 is 6.54. The first-order valence-corrected chi connectivity index (χ1v) is 9.60. The molecule has 0 fully saturated rings. The van der Waals surface area contributed by atoms with E-state index in [1.54, 1.807) is 4.52 Å². The Balaban J connectivity index is 2.32. The van der Waals surface area contributed by atoms with Crippen molar-refractivity contribution in [3.8, 4) is 5.88 Å². The van der Waals surface area contributed by atoms with Crippen LogP contribution in [0.1, 0.15) is 62.9 Å². The molecule has 0 atom stereocenters. The number of benzene rings is 1. The third-order valence-corrected chi connectivity index (χ3v) is 4.80. The molecule has 0 saturated carbocycles. The summed E-state index contributed by atoms with van der Waals surface area (Å²) in [6.45, 7) is 10.1. The summed E-state index contributed by atoms with van der Waals surface area (Å²) in [4.78, 5) is 16.2. The van der Waals surface area contributed by atoms with Gasteiger partial charge in [-0.1, -0.05) is 76.6 Å². The molecule has 0 aliphatic heterocycles. The number of nitrogens with zero attached hydrogens (tertiary/aromatic N) is 3. The van der Waals surface area contributed by atoms with Crippen molar-refractivity contribution in [3.05, 3.63) is 57.9 Å². The van der Waals surface area contributed by atoms with E-state index < -0.39 is 11.5 Å². The molecule has 0 saturated heterocycles. The van der Waals surface area contributed by atoms with Gasteiger partial charge in [0.1, 0.15) is 5.15 Å². The van der Waals surface area contributed by atoms with E-state index in [9.17, 15) is 4.79 Å². The van der Waals surface area contributed by atoms with Crippen molar-refractivity contribution in [3.63, 3.8) is 0 Å². The second-order valence-electron chi connectivity index (χ2n) is 8.17. The van der Waals surface area contributed by atoms with Gasteiger partial charge < -0.3 is 10.5 Å². The maximum atomic E-state index is 11.6. The van der Waals surface area contributed by atoms with E-state index in [4.69, 9.17) is 27.2 Å². The molecule has 1 amide bonds. The number of ether oxygens (including phenoxy) is 1. The third-order valence-electron chi connectivity index (χ3n) is 4.53. The normalized spacial score (nSPS) is 12.0.